The highest BCUT2D eigenvalue weighted by molar-refractivity contribution is 6.35. The topological polar surface area (TPSA) is 127 Å². The number of anilines is 2. The van der Waals surface area contributed by atoms with Gasteiger partial charge in [-0.15, -0.1) is 0 Å². The van der Waals surface area contributed by atoms with E-state index in [1.54, 1.807) is 60.7 Å². The average Bonchev–Trinajstić information content (AvgIpc) is 3.89. The highest BCUT2D eigenvalue weighted by Crippen LogP contribution is 2.56. The molecular formula is C57H36N2O8. The molecule has 2 aliphatic heterocycles. The summed E-state index contributed by atoms with van der Waals surface area (Å²) in [6.07, 6.45) is 0. The number of carbonyl (C=O) groups is 6. The Kier molecular flexibility index (Phi) is 9.49. The summed E-state index contributed by atoms with van der Waals surface area (Å²) < 4.78 is 11.7. The van der Waals surface area contributed by atoms with Crippen molar-refractivity contribution in [2.24, 2.45) is 0 Å². The van der Waals surface area contributed by atoms with Crippen LogP contribution in [0.3, 0.4) is 0 Å². The monoisotopic (exact) mass is 876 g/mol. The summed E-state index contributed by atoms with van der Waals surface area (Å²) in [5.74, 6) is -2.78. The first kappa shape index (κ1) is 40.7. The Morgan fingerprint density at radius 2 is 0.776 bits per heavy atom. The van der Waals surface area contributed by atoms with Gasteiger partial charge in [-0.1, -0.05) is 97.1 Å². The molecule has 1 aliphatic carbocycles. The van der Waals surface area contributed by atoms with Crippen LogP contribution in [0.2, 0.25) is 0 Å². The fourth-order valence-corrected chi connectivity index (χ4v) is 9.64. The summed E-state index contributed by atoms with van der Waals surface area (Å²) >= 11 is 0. The van der Waals surface area contributed by atoms with E-state index in [-0.39, 0.29) is 44.9 Å². The molecule has 2 heterocycles. The van der Waals surface area contributed by atoms with Crippen LogP contribution in [0.15, 0.2) is 182 Å². The highest BCUT2D eigenvalue weighted by Gasteiger charge is 2.46. The standard InChI is InChI=1S/C57H36N2O8/c1-33-9-7-11-39(29-33)58-51(60)45-27-17-35(31-47(45)53(58)62)55(64)66-41-23-19-37(20-24-41)57(49-15-5-3-13-43(49)44-14-4-6-16-50(44)57)38-21-25-42(26-22-38)67-56(65)36-18-28-46-48(32-36)54(63)59(52(46)61)40-12-8-10-34(2)30-40/h3-32H,1-2H3. The van der Waals surface area contributed by atoms with Crippen LogP contribution < -0.4 is 19.3 Å². The maximum absolute atomic E-state index is 13.6. The minimum absolute atomic E-state index is 0.121. The van der Waals surface area contributed by atoms with E-state index in [9.17, 15) is 28.8 Å². The van der Waals surface area contributed by atoms with E-state index in [0.717, 1.165) is 54.3 Å². The van der Waals surface area contributed by atoms with E-state index in [1.807, 2.05) is 74.5 Å². The van der Waals surface area contributed by atoms with Gasteiger partial charge in [0, 0.05) is 0 Å². The summed E-state index contributed by atoms with van der Waals surface area (Å²) in [6, 6.07) is 53.9. The molecule has 11 rings (SSSR count). The number of rotatable bonds is 8. The van der Waals surface area contributed by atoms with E-state index in [1.165, 1.54) is 36.4 Å². The van der Waals surface area contributed by atoms with E-state index in [4.69, 9.17) is 9.47 Å². The van der Waals surface area contributed by atoms with Crippen molar-refractivity contribution in [3.05, 3.63) is 249 Å². The van der Waals surface area contributed by atoms with Gasteiger partial charge in [0.1, 0.15) is 11.5 Å². The number of amides is 4. The molecule has 8 aromatic rings. The molecule has 0 unspecified atom stereocenters. The molecule has 0 fully saturated rings. The lowest BCUT2D eigenvalue weighted by molar-refractivity contribution is 0.0725. The Morgan fingerprint density at radius 3 is 1.18 bits per heavy atom. The smallest absolute Gasteiger partial charge is 0.343 e. The fraction of sp³-hybridized carbons (Fsp3) is 0.0526. The Balaban J connectivity index is 0.873. The second-order valence-corrected chi connectivity index (χ2v) is 16.8. The SMILES string of the molecule is Cc1cccc(N2C(=O)c3ccc(C(=O)Oc4ccc(C5(c6ccc(OC(=O)c7ccc8c(c7)C(=O)N(c7cccc(C)c7)C8=O)cc6)c6ccccc6-c6ccccc65)cc4)cc3C2=O)c1. The Hall–Kier alpha value is -9.02. The zero-order valence-corrected chi connectivity index (χ0v) is 36.0. The molecule has 4 amide bonds. The van der Waals surface area contributed by atoms with Gasteiger partial charge in [0.05, 0.1) is 50.2 Å². The second-order valence-electron chi connectivity index (χ2n) is 16.8. The highest BCUT2D eigenvalue weighted by atomic mass is 16.5. The quantitative estimate of drug-likeness (QED) is 0.0839. The minimum Gasteiger partial charge on any atom is -0.423 e. The number of ether oxygens (including phenoxy) is 2. The van der Waals surface area contributed by atoms with Gasteiger partial charge in [0.15, 0.2) is 0 Å². The number of carbonyl (C=O) groups excluding carboxylic acids is 6. The van der Waals surface area contributed by atoms with Gasteiger partial charge in [-0.2, -0.15) is 0 Å². The van der Waals surface area contributed by atoms with Gasteiger partial charge >= 0.3 is 11.9 Å². The summed E-state index contributed by atoms with van der Waals surface area (Å²) in [5, 5.41) is 0. The number of hydrogen-bond donors (Lipinski definition) is 0. The number of aryl methyl sites for hydroxylation is 2. The van der Waals surface area contributed by atoms with Gasteiger partial charge in [-0.3, -0.25) is 19.2 Å². The predicted octanol–water partition coefficient (Wildman–Crippen LogP) is 10.7. The van der Waals surface area contributed by atoms with E-state index < -0.39 is 41.0 Å². The van der Waals surface area contributed by atoms with Crippen LogP contribution in [0.1, 0.15) is 95.5 Å². The summed E-state index contributed by atoms with van der Waals surface area (Å²) in [6.45, 7) is 3.75. The zero-order chi connectivity index (χ0) is 46.1. The Morgan fingerprint density at radius 1 is 0.388 bits per heavy atom. The molecule has 3 aliphatic rings. The third-order valence-electron chi connectivity index (χ3n) is 12.7. The molecule has 0 saturated carbocycles. The van der Waals surface area contributed by atoms with Crippen molar-refractivity contribution in [1.29, 1.82) is 0 Å². The molecule has 67 heavy (non-hydrogen) atoms. The first-order valence-corrected chi connectivity index (χ1v) is 21.5. The molecule has 0 aromatic heterocycles. The molecule has 0 spiro atoms. The number of hydrogen-bond acceptors (Lipinski definition) is 8. The number of nitrogens with zero attached hydrogens (tertiary/aromatic N) is 2. The predicted molar refractivity (Wildman–Crippen MR) is 251 cm³/mol. The Labute approximate surface area is 384 Å². The number of fused-ring (bicyclic) bond motifs is 5. The van der Waals surface area contributed by atoms with Gasteiger partial charge in [-0.05, 0) is 143 Å². The molecule has 0 radical (unpaired) electrons. The summed E-state index contributed by atoms with van der Waals surface area (Å²) in [7, 11) is 0. The van der Waals surface area contributed by atoms with Gasteiger partial charge in [-0.25, -0.2) is 19.4 Å². The van der Waals surface area contributed by atoms with Gasteiger partial charge < -0.3 is 9.47 Å². The molecule has 10 heteroatoms. The summed E-state index contributed by atoms with van der Waals surface area (Å²) in [5.41, 5.74) is 8.70. The van der Waals surface area contributed by atoms with Crippen molar-refractivity contribution < 1.29 is 38.2 Å². The lowest BCUT2D eigenvalue weighted by atomic mass is 9.68. The largest absolute Gasteiger partial charge is 0.423 e. The fourth-order valence-electron chi connectivity index (χ4n) is 9.64. The van der Waals surface area contributed by atoms with Gasteiger partial charge in [0.25, 0.3) is 23.6 Å². The van der Waals surface area contributed by atoms with Crippen molar-refractivity contribution >= 4 is 46.9 Å². The molecule has 0 bridgehead atoms. The van der Waals surface area contributed by atoms with E-state index in [2.05, 4.69) is 24.3 Å². The normalized spacial score (nSPS) is 14.1. The van der Waals surface area contributed by atoms with Crippen molar-refractivity contribution in [3.8, 4) is 22.6 Å². The van der Waals surface area contributed by atoms with Crippen molar-refractivity contribution in [3.63, 3.8) is 0 Å². The summed E-state index contributed by atoms with van der Waals surface area (Å²) in [4.78, 5) is 83.0. The van der Waals surface area contributed by atoms with Crippen LogP contribution >= 0.6 is 0 Å². The first-order chi connectivity index (χ1) is 32.5. The van der Waals surface area contributed by atoms with E-state index >= 15 is 0 Å². The molecule has 0 atom stereocenters. The second kappa shape index (κ2) is 15.6. The van der Waals surface area contributed by atoms with Crippen LogP contribution in [0.25, 0.3) is 11.1 Å². The average molecular weight is 877 g/mol. The van der Waals surface area contributed by atoms with Crippen LogP contribution in [0.4, 0.5) is 11.4 Å². The van der Waals surface area contributed by atoms with Crippen LogP contribution in [-0.2, 0) is 5.41 Å². The van der Waals surface area contributed by atoms with Crippen LogP contribution in [-0.4, -0.2) is 35.6 Å². The maximum atomic E-state index is 13.6. The minimum atomic E-state index is -0.843. The number of benzene rings is 8. The number of imide groups is 2. The van der Waals surface area contributed by atoms with Crippen LogP contribution in [0.5, 0.6) is 11.5 Å². The number of esters is 2. The molecule has 0 saturated heterocycles. The van der Waals surface area contributed by atoms with Gasteiger partial charge in [0.2, 0.25) is 0 Å². The van der Waals surface area contributed by atoms with Crippen molar-refractivity contribution in [2.45, 2.75) is 19.3 Å². The third-order valence-corrected chi connectivity index (χ3v) is 12.7. The van der Waals surface area contributed by atoms with Crippen LogP contribution in [0, 0.1) is 13.8 Å². The van der Waals surface area contributed by atoms with E-state index in [0.29, 0.717) is 11.4 Å². The zero-order valence-electron chi connectivity index (χ0n) is 36.0. The molecular weight excluding hydrogens is 841 g/mol. The molecule has 8 aromatic carbocycles. The Bertz CT molecular complexity index is 3230. The van der Waals surface area contributed by atoms with Crippen molar-refractivity contribution in [1.82, 2.24) is 0 Å². The van der Waals surface area contributed by atoms with Crippen molar-refractivity contribution in [2.75, 3.05) is 9.80 Å². The lowest BCUT2D eigenvalue weighted by Gasteiger charge is -2.34. The molecule has 322 valence electrons. The molecule has 0 N–H and O–H groups in total. The third kappa shape index (κ3) is 6.48. The maximum Gasteiger partial charge on any atom is 0.343 e. The molecule has 10 nitrogen and oxygen atoms in total. The first-order valence-electron chi connectivity index (χ1n) is 21.5. The lowest BCUT2D eigenvalue weighted by Crippen LogP contribution is -2.29.